The van der Waals surface area contributed by atoms with Gasteiger partial charge in [-0.15, -0.1) is 0 Å². The van der Waals surface area contributed by atoms with E-state index in [4.69, 9.17) is 9.31 Å². The zero-order valence-electron chi connectivity index (χ0n) is 14.0. The van der Waals surface area contributed by atoms with Crippen LogP contribution in [0.4, 0.5) is 0 Å². The van der Waals surface area contributed by atoms with E-state index in [9.17, 15) is 0 Å². The second-order valence-corrected chi connectivity index (χ2v) is 8.37. The Labute approximate surface area is 142 Å². The molecule has 0 N–H and O–H groups in total. The molecule has 1 aromatic rings. The minimum Gasteiger partial charge on any atom is -0.399 e. The maximum absolute atomic E-state index is 6.27. The summed E-state index contributed by atoms with van der Waals surface area (Å²) in [6.07, 6.45) is 8.48. The zero-order valence-corrected chi connectivity index (χ0v) is 15.6. The third kappa shape index (κ3) is 3.00. The Bertz CT molecular complexity index is 540. The third-order valence-electron chi connectivity index (χ3n) is 5.49. The normalized spacial score (nSPS) is 24.7. The van der Waals surface area contributed by atoms with E-state index < -0.39 is 0 Å². The van der Waals surface area contributed by atoms with Gasteiger partial charge in [0, 0.05) is 6.20 Å². The summed E-state index contributed by atoms with van der Waals surface area (Å²) in [6, 6.07) is 2.08. The summed E-state index contributed by atoms with van der Waals surface area (Å²) in [6.45, 7) is 8.40. The molecule has 1 aromatic heterocycles. The van der Waals surface area contributed by atoms with Gasteiger partial charge in [0.2, 0.25) is 0 Å². The first kappa shape index (κ1) is 16.5. The maximum Gasteiger partial charge on any atom is 0.495 e. The molecule has 0 bridgehead atoms. The lowest BCUT2D eigenvalue weighted by Crippen LogP contribution is -2.41. The van der Waals surface area contributed by atoms with Crippen molar-refractivity contribution in [1.82, 2.24) is 4.98 Å². The highest BCUT2D eigenvalue weighted by atomic mass is 79.9. The summed E-state index contributed by atoms with van der Waals surface area (Å²) in [5.74, 6) is 0.586. The van der Waals surface area contributed by atoms with Crippen LogP contribution in [-0.2, 0) is 9.31 Å². The molecule has 0 spiro atoms. The van der Waals surface area contributed by atoms with Crippen molar-refractivity contribution in [3.05, 3.63) is 22.4 Å². The molecular weight excluding hydrogens is 341 g/mol. The molecule has 0 amide bonds. The van der Waals surface area contributed by atoms with Gasteiger partial charge in [0.15, 0.2) is 0 Å². The highest BCUT2D eigenvalue weighted by Crippen LogP contribution is 2.38. The Kier molecular flexibility index (Phi) is 4.43. The van der Waals surface area contributed by atoms with E-state index in [1.54, 1.807) is 0 Å². The second kappa shape index (κ2) is 5.92. The SMILES string of the molecule is CC1(C)OB(c2cc(Br)ncc2C2CCCCC2)OC1(C)C. The third-order valence-corrected chi connectivity index (χ3v) is 5.92. The fraction of sp³-hybridized carbons (Fsp3) is 0.706. The van der Waals surface area contributed by atoms with E-state index in [0.717, 1.165) is 10.1 Å². The minimum absolute atomic E-state index is 0.304. The Morgan fingerprint density at radius 2 is 1.68 bits per heavy atom. The molecule has 0 unspecified atom stereocenters. The van der Waals surface area contributed by atoms with Crippen LogP contribution >= 0.6 is 15.9 Å². The maximum atomic E-state index is 6.27. The molecule has 5 heteroatoms. The molecule has 0 radical (unpaired) electrons. The Morgan fingerprint density at radius 1 is 1.09 bits per heavy atom. The van der Waals surface area contributed by atoms with Gasteiger partial charge in [-0.05, 0) is 79.5 Å². The number of rotatable bonds is 2. The van der Waals surface area contributed by atoms with Crippen molar-refractivity contribution in [3.8, 4) is 0 Å². The van der Waals surface area contributed by atoms with Crippen LogP contribution in [0.3, 0.4) is 0 Å². The zero-order chi connectivity index (χ0) is 16.0. The van der Waals surface area contributed by atoms with Crippen LogP contribution in [0, 0.1) is 0 Å². The van der Waals surface area contributed by atoms with Crippen LogP contribution < -0.4 is 5.46 Å². The van der Waals surface area contributed by atoms with Crippen molar-refractivity contribution >= 4 is 28.5 Å². The summed E-state index contributed by atoms with van der Waals surface area (Å²) >= 11 is 3.50. The number of halogens is 1. The summed E-state index contributed by atoms with van der Waals surface area (Å²) in [5.41, 5.74) is 1.84. The van der Waals surface area contributed by atoms with Gasteiger partial charge in [0.1, 0.15) is 4.60 Å². The molecule has 0 aromatic carbocycles. The Morgan fingerprint density at radius 3 is 2.27 bits per heavy atom. The number of aromatic nitrogens is 1. The van der Waals surface area contributed by atoms with Crippen LogP contribution in [0.1, 0.15) is 71.3 Å². The number of pyridine rings is 1. The fourth-order valence-corrected chi connectivity index (χ4v) is 3.73. The molecule has 22 heavy (non-hydrogen) atoms. The second-order valence-electron chi connectivity index (χ2n) is 7.56. The lowest BCUT2D eigenvalue weighted by Gasteiger charge is -2.32. The Balaban J connectivity index is 1.94. The van der Waals surface area contributed by atoms with Gasteiger partial charge in [-0.1, -0.05) is 19.3 Å². The lowest BCUT2D eigenvalue weighted by atomic mass is 9.71. The standard InChI is InChI=1S/C17H25BBrNO2/c1-16(2)17(3,4)22-18(21-16)14-10-15(19)20-11-13(14)12-8-6-5-7-9-12/h10-12H,5-9H2,1-4H3. The van der Waals surface area contributed by atoms with E-state index >= 15 is 0 Å². The van der Waals surface area contributed by atoms with E-state index in [0.29, 0.717) is 5.92 Å². The van der Waals surface area contributed by atoms with E-state index in [-0.39, 0.29) is 18.3 Å². The van der Waals surface area contributed by atoms with Gasteiger partial charge < -0.3 is 9.31 Å². The minimum atomic E-state index is -0.308. The molecule has 1 aliphatic heterocycles. The molecule has 0 atom stereocenters. The molecule has 2 heterocycles. The summed E-state index contributed by atoms with van der Waals surface area (Å²) < 4.78 is 13.4. The van der Waals surface area contributed by atoms with Crippen LogP contribution in [0.5, 0.6) is 0 Å². The van der Waals surface area contributed by atoms with Gasteiger partial charge in [-0.2, -0.15) is 0 Å². The molecular formula is C17H25BBrNO2. The van der Waals surface area contributed by atoms with Crippen molar-refractivity contribution in [3.63, 3.8) is 0 Å². The first-order valence-corrected chi connectivity index (χ1v) is 9.10. The van der Waals surface area contributed by atoms with Gasteiger partial charge in [0.25, 0.3) is 0 Å². The highest BCUT2D eigenvalue weighted by Gasteiger charge is 2.52. The molecule has 120 valence electrons. The van der Waals surface area contributed by atoms with Gasteiger partial charge >= 0.3 is 7.12 Å². The summed E-state index contributed by atoms with van der Waals surface area (Å²) in [7, 11) is -0.304. The molecule has 1 saturated heterocycles. The van der Waals surface area contributed by atoms with Crippen LogP contribution in [0.15, 0.2) is 16.9 Å². The Hall–Kier alpha value is -0.385. The molecule has 2 fully saturated rings. The number of nitrogens with zero attached hydrogens (tertiary/aromatic N) is 1. The quantitative estimate of drug-likeness (QED) is 0.581. The van der Waals surface area contributed by atoms with Gasteiger partial charge in [-0.25, -0.2) is 4.98 Å². The topological polar surface area (TPSA) is 31.4 Å². The smallest absolute Gasteiger partial charge is 0.399 e. The van der Waals surface area contributed by atoms with Gasteiger partial charge in [-0.3, -0.25) is 0 Å². The van der Waals surface area contributed by atoms with Crippen molar-refractivity contribution in [1.29, 1.82) is 0 Å². The monoisotopic (exact) mass is 365 g/mol. The molecule has 3 nitrogen and oxygen atoms in total. The van der Waals surface area contributed by atoms with Gasteiger partial charge in [0.05, 0.1) is 11.2 Å². The van der Waals surface area contributed by atoms with Crippen LogP contribution in [0.25, 0.3) is 0 Å². The lowest BCUT2D eigenvalue weighted by molar-refractivity contribution is 0.00578. The first-order chi connectivity index (χ1) is 10.3. The fourth-order valence-electron chi connectivity index (χ4n) is 3.38. The molecule has 3 rings (SSSR count). The number of hydrogen-bond acceptors (Lipinski definition) is 3. The largest absolute Gasteiger partial charge is 0.495 e. The average Bonchev–Trinajstić information content (AvgIpc) is 2.68. The van der Waals surface area contributed by atoms with E-state index in [2.05, 4.69) is 54.7 Å². The van der Waals surface area contributed by atoms with E-state index in [1.807, 2.05) is 6.20 Å². The van der Waals surface area contributed by atoms with Crippen molar-refractivity contribution in [2.45, 2.75) is 76.9 Å². The molecule has 1 aliphatic carbocycles. The van der Waals surface area contributed by atoms with Crippen molar-refractivity contribution in [2.24, 2.45) is 0 Å². The molecule has 2 aliphatic rings. The average molecular weight is 366 g/mol. The summed E-state index contributed by atoms with van der Waals surface area (Å²) in [5, 5.41) is 0. The predicted molar refractivity (Wildman–Crippen MR) is 93.5 cm³/mol. The van der Waals surface area contributed by atoms with Crippen molar-refractivity contribution < 1.29 is 9.31 Å². The van der Waals surface area contributed by atoms with Crippen LogP contribution in [0.2, 0.25) is 0 Å². The van der Waals surface area contributed by atoms with E-state index in [1.165, 1.54) is 37.7 Å². The first-order valence-electron chi connectivity index (χ1n) is 8.31. The van der Waals surface area contributed by atoms with Crippen LogP contribution in [-0.4, -0.2) is 23.3 Å². The van der Waals surface area contributed by atoms with Crippen molar-refractivity contribution in [2.75, 3.05) is 0 Å². The molecule has 1 saturated carbocycles. The summed E-state index contributed by atoms with van der Waals surface area (Å²) in [4.78, 5) is 4.46. The predicted octanol–water partition coefficient (Wildman–Crippen LogP) is 4.19. The highest BCUT2D eigenvalue weighted by molar-refractivity contribution is 9.10. The number of hydrogen-bond donors (Lipinski definition) is 0.